The minimum Gasteiger partial charge on any atom is -0.478 e. The molecule has 1 N–H and O–H groups in total. The van der Waals surface area contributed by atoms with Crippen molar-refractivity contribution < 1.29 is 14.7 Å². The van der Waals surface area contributed by atoms with Gasteiger partial charge in [-0.3, -0.25) is 0 Å². The van der Waals surface area contributed by atoms with Gasteiger partial charge in [0, 0.05) is 26.7 Å². The number of hydrogen-bond donors (Lipinski definition) is 1. The molecule has 1 saturated heterocycles. The number of carbonyl (C=O) groups excluding carboxylic acids is 1. The zero-order valence-corrected chi connectivity index (χ0v) is 12.4. The van der Waals surface area contributed by atoms with Crippen molar-refractivity contribution in [1.29, 1.82) is 0 Å². The second-order valence-electron chi connectivity index (χ2n) is 5.46. The molecular formula is C16H22N2O3. The Hall–Kier alpha value is -2.04. The smallest absolute Gasteiger partial charge is 0.335 e. The van der Waals surface area contributed by atoms with Crippen LogP contribution < -0.4 is 0 Å². The van der Waals surface area contributed by atoms with E-state index in [-0.39, 0.29) is 6.03 Å². The van der Waals surface area contributed by atoms with Gasteiger partial charge in [0.05, 0.1) is 5.56 Å². The van der Waals surface area contributed by atoms with Crippen molar-refractivity contribution in [1.82, 2.24) is 9.80 Å². The number of benzene rings is 1. The lowest BCUT2D eigenvalue weighted by Gasteiger charge is -2.31. The lowest BCUT2D eigenvalue weighted by molar-refractivity contribution is 0.0695. The fourth-order valence-electron chi connectivity index (χ4n) is 2.66. The molecule has 1 aliphatic heterocycles. The number of aromatic carboxylic acids is 1. The zero-order chi connectivity index (χ0) is 15.2. The Morgan fingerprint density at radius 2 is 1.86 bits per heavy atom. The van der Waals surface area contributed by atoms with Crippen LogP contribution in [-0.2, 0) is 6.42 Å². The standard InChI is InChI=1S/C16H22N2O3/c1-17(16(21)18-10-5-2-6-11-18)12-9-13-7-3-4-8-14(13)15(19)20/h3-4,7-8H,2,5-6,9-12H2,1H3,(H,19,20). The zero-order valence-electron chi connectivity index (χ0n) is 12.4. The first kappa shape index (κ1) is 15.4. The molecule has 2 amide bonds. The molecule has 0 bridgehead atoms. The van der Waals surface area contributed by atoms with Crippen LogP contribution in [0.25, 0.3) is 0 Å². The number of carboxylic acid groups (broad SMARTS) is 1. The van der Waals surface area contributed by atoms with E-state index in [1.54, 1.807) is 24.1 Å². The van der Waals surface area contributed by atoms with Crippen molar-refractivity contribution in [2.24, 2.45) is 0 Å². The van der Waals surface area contributed by atoms with Crippen molar-refractivity contribution in [3.05, 3.63) is 35.4 Å². The lowest BCUT2D eigenvalue weighted by atomic mass is 10.0. The Morgan fingerprint density at radius 1 is 1.19 bits per heavy atom. The van der Waals surface area contributed by atoms with Gasteiger partial charge in [0.25, 0.3) is 0 Å². The maximum absolute atomic E-state index is 12.3. The number of piperidine rings is 1. The molecule has 0 atom stereocenters. The molecule has 5 heteroatoms. The van der Waals surface area contributed by atoms with Crippen molar-refractivity contribution in [2.75, 3.05) is 26.7 Å². The van der Waals surface area contributed by atoms with E-state index in [1.807, 2.05) is 17.0 Å². The quantitative estimate of drug-likeness (QED) is 0.926. The van der Waals surface area contributed by atoms with Crippen LogP contribution in [0.1, 0.15) is 35.2 Å². The summed E-state index contributed by atoms with van der Waals surface area (Å²) < 4.78 is 0. The number of carbonyl (C=O) groups is 2. The predicted molar refractivity (Wildman–Crippen MR) is 80.6 cm³/mol. The molecule has 0 radical (unpaired) electrons. The molecule has 0 aromatic heterocycles. The molecule has 21 heavy (non-hydrogen) atoms. The van der Waals surface area contributed by atoms with Crippen LogP contribution in [-0.4, -0.2) is 53.6 Å². The molecule has 0 unspecified atom stereocenters. The second kappa shape index (κ2) is 7.11. The first-order chi connectivity index (χ1) is 10.1. The van der Waals surface area contributed by atoms with Gasteiger partial charge in [-0.2, -0.15) is 0 Å². The third-order valence-corrected chi connectivity index (χ3v) is 3.92. The minimum absolute atomic E-state index is 0.0440. The SMILES string of the molecule is CN(CCc1ccccc1C(=O)O)C(=O)N1CCCCC1. The Morgan fingerprint density at radius 3 is 2.52 bits per heavy atom. The molecule has 0 saturated carbocycles. The Balaban J connectivity index is 1.93. The summed E-state index contributed by atoms with van der Waals surface area (Å²) in [6.07, 6.45) is 3.89. The molecule has 1 aromatic rings. The second-order valence-corrected chi connectivity index (χ2v) is 5.46. The number of likely N-dealkylation sites (tertiary alicyclic amines) is 1. The van der Waals surface area contributed by atoms with E-state index in [0.29, 0.717) is 18.5 Å². The summed E-state index contributed by atoms with van der Waals surface area (Å²) in [7, 11) is 1.78. The predicted octanol–water partition coefficient (Wildman–Crippen LogP) is 2.47. The van der Waals surface area contributed by atoms with Crippen LogP contribution >= 0.6 is 0 Å². The average Bonchev–Trinajstić information content (AvgIpc) is 2.52. The number of rotatable bonds is 4. The van der Waals surface area contributed by atoms with Crippen LogP contribution in [0.15, 0.2) is 24.3 Å². The van der Waals surface area contributed by atoms with E-state index in [0.717, 1.165) is 31.5 Å². The van der Waals surface area contributed by atoms with E-state index in [9.17, 15) is 9.59 Å². The molecule has 5 nitrogen and oxygen atoms in total. The summed E-state index contributed by atoms with van der Waals surface area (Å²) in [4.78, 5) is 27.0. The van der Waals surface area contributed by atoms with Crippen LogP contribution in [0.2, 0.25) is 0 Å². The van der Waals surface area contributed by atoms with Crippen molar-refractivity contribution in [3.63, 3.8) is 0 Å². The van der Waals surface area contributed by atoms with E-state index >= 15 is 0 Å². The number of amides is 2. The Bertz CT molecular complexity index is 510. The highest BCUT2D eigenvalue weighted by atomic mass is 16.4. The van der Waals surface area contributed by atoms with Crippen molar-refractivity contribution >= 4 is 12.0 Å². The molecular weight excluding hydrogens is 268 g/mol. The van der Waals surface area contributed by atoms with Gasteiger partial charge in [0.1, 0.15) is 0 Å². The molecule has 114 valence electrons. The highest BCUT2D eigenvalue weighted by molar-refractivity contribution is 5.89. The first-order valence-corrected chi connectivity index (χ1v) is 7.41. The van der Waals surface area contributed by atoms with Gasteiger partial charge in [0.15, 0.2) is 0 Å². The van der Waals surface area contributed by atoms with Gasteiger partial charge in [-0.1, -0.05) is 18.2 Å². The maximum Gasteiger partial charge on any atom is 0.335 e. The van der Waals surface area contributed by atoms with Gasteiger partial charge in [-0.05, 0) is 37.3 Å². The fraction of sp³-hybridized carbons (Fsp3) is 0.500. The number of hydrogen-bond acceptors (Lipinski definition) is 2. The first-order valence-electron chi connectivity index (χ1n) is 7.41. The number of nitrogens with zero attached hydrogens (tertiary/aromatic N) is 2. The molecule has 1 fully saturated rings. The molecule has 1 aliphatic rings. The van der Waals surface area contributed by atoms with Crippen molar-refractivity contribution in [2.45, 2.75) is 25.7 Å². The van der Waals surface area contributed by atoms with Crippen LogP contribution in [0.5, 0.6) is 0 Å². The van der Waals surface area contributed by atoms with E-state index < -0.39 is 5.97 Å². The average molecular weight is 290 g/mol. The van der Waals surface area contributed by atoms with E-state index in [1.165, 1.54) is 6.42 Å². The number of likely N-dealkylation sites (N-methyl/N-ethyl adjacent to an activating group) is 1. The highest BCUT2D eigenvalue weighted by Crippen LogP contribution is 2.13. The van der Waals surface area contributed by atoms with Crippen molar-refractivity contribution in [3.8, 4) is 0 Å². The lowest BCUT2D eigenvalue weighted by Crippen LogP contribution is -2.44. The summed E-state index contributed by atoms with van der Waals surface area (Å²) in [6.45, 7) is 2.18. The van der Waals surface area contributed by atoms with Gasteiger partial charge >= 0.3 is 12.0 Å². The topological polar surface area (TPSA) is 60.9 Å². The Kier molecular flexibility index (Phi) is 5.20. The van der Waals surface area contributed by atoms with Gasteiger partial charge in [-0.25, -0.2) is 9.59 Å². The summed E-state index contributed by atoms with van der Waals surface area (Å²) in [5.74, 6) is -0.921. The molecule has 0 spiro atoms. The summed E-state index contributed by atoms with van der Waals surface area (Å²) in [5.41, 5.74) is 1.08. The third kappa shape index (κ3) is 3.97. The van der Waals surface area contributed by atoms with E-state index in [4.69, 9.17) is 5.11 Å². The monoisotopic (exact) mass is 290 g/mol. The summed E-state index contributed by atoms with van der Waals surface area (Å²) in [5, 5.41) is 9.16. The maximum atomic E-state index is 12.3. The van der Waals surface area contributed by atoms with E-state index in [2.05, 4.69) is 0 Å². The third-order valence-electron chi connectivity index (χ3n) is 3.92. The molecule has 2 rings (SSSR count). The summed E-state index contributed by atoms with van der Waals surface area (Å²) in [6, 6.07) is 7.00. The normalized spacial score (nSPS) is 14.8. The molecule has 1 heterocycles. The van der Waals surface area contributed by atoms with Crippen LogP contribution in [0.4, 0.5) is 4.79 Å². The van der Waals surface area contributed by atoms with Crippen LogP contribution in [0, 0.1) is 0 Å². The van der Waals surface area contributed by atoms with Gasteiger partial charge in [0.2, 0.25) is 0 Å². The van der Waals surface area contributed by atoms with Gasteiger partial charge in [-0.15, -0.1) is 0 Å². The molecule has 1 aromatic carbocycles. The number of carboxylic acids is 1. The fourth-order valence-corrected chi connectivity index (χ4v) is 2.66. The molecule has 0 aliphatic carbocycles. The largest absolute Gasteiger partial charge is 0.478 e. The van der Waals surface area contributed by atoms with Crippen LogP contribution in [0.3, 0.4) is 0 Å². The Labute approximate surface area is 125 Å². The summed E-state index contributed by atoms with van der Waals surface area (Å²) >= 11 is 0. The number of urea groups is 1. The minimum atomic E-state index is -0.921. The van der Waals surface area contributed by atoms with Gasteiger partial charge < -0.3 is 14.9 Å². The highest BCUT2D eigenvalue weighted by Gasteiger charge is 2.20.